The molecule has 0 aromatic heterocycles. The Hall–Kier alpha value is -1.67. The maximum absolute atomic E-state index is 11.5. The fourth-order valence-corrected chi connectivity index (χ4v) is 6.26. The zero-order valence-electron chi connectivity index (χ0n) is 17.0. The van der Waals surface area contributed by atoms with Gasteiger partial charge >= 0.3 is 0 Å². The van der Waals surface area contributed by atoms with E-state index < -0.39 is 0 Å². The summed E-state index contributed by atoms with van der Waals surface area (Å²) in [4.78, 5) is 39.8. The van der Waals surface area contributed by atoms with Crippen molar-refractivity contribution >= 4 is 75.7 Å². The van der Waals surface area contributed by atoms with Gasteiger partial charge in [-0.2, -0.15) is 0 Å². The molecule has 6 nitrogen and oxygen atoms in total. The third-order valence-electron chi connectivity index (χ3n) is 4.74. The van der Waals surface area contributed by atoms with Crippen LogP contribution in [0.1, 0.15) is 34.6 Å². The fourth-order valence-electron chi connectivity index (χ4n) is 3.07. The quantitative estimate of drug-likeness (QED) is 0.227. The molecule has 4 rings (SSSR count). The van der Waals surface area contributed by atoms with Crippen LogP contribution in [0, 0.1) is 24.3 Å². The van der Waals surface area contributed by atoms with Crippen molar-refractivity contribution in [1.82, 2.24) is 15.1 Å². The number of hydrogen-bond acceptors (Lipinski definition) is 7. The molecule has 0 bridgehead atoms. The van der Waals surface area contributed by atoms with Gasteiger partial charge in [0.25, 0.3) is 5.91 Å². The van der Waals surface area contributed by atoms with Crippen LogP contribution in [0.2, 0.25) is 0 Å². The molecule has 2 fully saturated rings. The lowest BCUT2D eigenvalue weighted by Crippen LogP contribution is -2.39. The van der Waals surface area contributed by atoms with Gasteiger partial charge in [-0.1, -0.05) is 45.7 Å². The van der Waals surface area contributed by atoms with Crippen molar-refractivity contribution < 1.29 is 14.4 Å². The van der Waals surface area contributed by atoms with Gasteiger partial charge in [0.2, 0.25) is 11.8 Å². The highest BCUT2D eigenvalue weighted by molar-refractivity contribution is 8.03. The van der Waals surface area contributed by atoms with Crippen LogP contribution in [-0.2, 0) is 14.4 Å². The molecule has 10 heteroatoms. The Labute approximate surface area is 211 Å². The Morgan fingerprint density at radius 2 is 1.59 bits per heavy atom. The Kier molecular flexibility index (Phi) is 13.1. The van der Waals surface area contributed by atoms with Crippen LogP contribution in [0.5, 0.6) is 0 Å². The lowest BCUT2D eigenvalue weighted by Gasteiger charge is -2.28. The number of imide groups is 1. The summed E-state index contributed by atoms with van der Waals surface area (Å²) < 4.78 is 0. The molecule has 0 aromatic rings. The van der Waals surface area contributed by atoms with Crippen LogP contribution in [0.4, 0.5) is 0 Å². The second-order valence-corrected chi connectivity index (χ2v) is 9.94. The number of terminal acetylenes is 1. The van der Waals surface area contributed by atoms with Gasteiger partial charge in [0.15, 0.2) is 0 Å². The van der Waals surface area contributed by atoms with Crippen molar-refractivity contribution in [3.63, 3.8) is 0 Å². The van der Waals surface area contributed by atoms with E-state index in [0.717, 1.165) is 27.1 Å². The molecule has 176 valence electrons. The monoisotopic (exact) mass is 513 g/mol. The number of fused-ring (bicyclic) bond motifs is 2. The Balaban J connectivity index is 0.000000463. The van der Waals surface area contributed by atoms with E-state index in [-0.39, 0.29) is 38.5 Å². The second-order valence-electron chi connectivity index (χ2n) is 6.77. The van der Waals surface area contributed by atoms with Crippen molar-refractivity contribution in [3.05, 3.63) is 22.0 Å². The van der Waals surface area contributed by atoms with Gasteiger partial charge in [-0.15, -0.1) is 23.5 Å². The smallest absolute Gasteiger partial charge is 0.253 e. The number of nitrogens with zero attached hydrogens (tertiary/aromatic N) is 2. The molecule has 0 aromatic carbocycles. The first-order valence-corrected chi connectivity index (χ1v) is 12.0. The number of likely N-dealkylation sites (N-methyl/N-ethyl adjacent to an activating group) is 2. The first-order chi connectivity index (χ1) is 14.2. The topological polar surface area (TPSA) is 69.7 Å². The first kappa shape index (κ1) is 30.3. The molecule has 4 aliphatic rings. The molecular weight excluding hydrogens is 483 g/mol. The number of hydrogen-bond donors (Lipinski definition) is 1. The molecule has 2 atom stereocenters. The zero-order chi connectivity index (χ0) is 22.4. The van der Waals surface area contributed by atoms with Gasteiger partial charge in [0, 0.05) is 44.0 Å². The average molecular weight is 514 g/mol. The summed E-state index contributed by atoms with van der Waals surface area (Å²) in [7, 11) is 3.50. The van der Waals surface area contributed by atoms with Crippen molar-refractivity contribution in [3.8, 4) is 12.5 Å². The maximum atomic E-state index is 11.5. The van der Waals surface area contributed by atoms with Crippen LogP contribution >= 0.6 is 48.0 Å². The molecule has 0 aliphatic carbocycles. The van der Waals surface area contributed by atoms with Crippen molar-refractivity contribution in [2.75, 3.05) is 25.6 Å². The van der Waals surface area contributed by atoms with Crippen molar-refractivity contribution in [1.29, 1.82) is 0 Å². The van der Waals surface area contributed by atoms with Crippen molar-refractivity contribution in [2.45, 2.75) is 34.6 Å². The SMILES string of the molecule is C.C.C#CNC(C)=O.CN1C(=O)C=C2SCCC2C1=O.CN1C(=S)C=C2SCCC2C1=S. The molecule has 0 spiro atoms. The highest BCUT2D eigenvalue weighted by Crippen LogP contribution is 2.40. The van der Waals surface area contributed by atoms with Crippen molar-refractivity contribution in [2.24, 2.45) is 11.8 Å². The molecule has 4 heterocycles. The minimum atomic E-state index is -0.197. The zero-order valence-corrected chi connectivity index (χ0v) is 20.2. The van der Waals surface area contributed by atoms with Gasteiger partial charge < -0.3 is 4.90 Å². The number of amides is 3. The summed E-state index contributed by atoms with van der Waals surface area (Å²) in [6.45, 7) is 1.36. The predicted octanol–water partition coefficient (Wildman–Crippen LogP) is 3.83. The van der Waals surface area contributed by atoms with Gasteiger partial charge in [-0.3, -0.25) is 24.6 Å². The minimum absolute atomic E-state index is 0. The predicted molar refractivity (Wildman–Crippen MR) is 144 cm³/mol. The van der Waals surface area contributed by atoms with E-state index in [1.54, 1.807) is 24.9 Å². The third-order valence-corrected chi connectivity index (χ3v) is 8.04. The standard InChI is InChI=1S/C8H9NO2S.C8H9NS3.C4H5NO.2CH4/c2*1-9-7(10)4-6-5(8(9)11)2-3-12-6;1-3-5-4(2)6;;/h2*4-5H,2-3H2,1H3;1H,2H3,(H,5,6);2*1H4. The lowest BCUT2D eigenvalue weighted by molar-refractivity contribution is -0.143. The summed E-state index contributed by atoms with van der Waals surface area (Å²) in [6.07, 6.45) is 10.4. The number of rotatable bonds is 0. The first-order valence-electron chi connectivity index (χ1n) is 9.21. The Morgan fingerprint density at radius 3 is 2.09 bits per heavy atom. The summed E-state index contributed by atoms with van der Waals surface area (Å²) in [5, 5.41) is 2.10. The van der Waals surface area contributed by atoms with Gasteiger partial charge in [0.05, 0.1) is 10.9 Å². The normalized spacial score (nSPS) is 22.8. The molecule has 4 aliphatic heterocycles. The lowest BCUT2D eigenvalue weighted by atomic mass is 10.0. The molecule has 0 radical (unpaired) electrons. The maximum Gasteiger partial charge on any atom is 0.253 e. The molecule has 3 amide bonds. The van der Waals surface area contributed by atoms with E-state index in [1.165, 1.54) is 28.9 Å². The highest BCUT2D eigenvalue weighted by Gasteiger charge is 2.36. The van der Waals surface area contributed by atoms with E-state index in [1.807, 2.05) is 29.8 Å². The molecule has 1 N–H and O–H groups in total. The van der Waals surface area contributed by atoms with Crippen LogP contribution in [-0.4, -0.2) is 63.1 Å². The second kappa shape index (κ2) is 13.8. The van der Waals surface area contributed by atoms with Crippen LogP contribution < -0.4 is 5.32 Å². The Morgan fingerprint density at radius 1 is 1.06 bits per heavy atom. The summed E-state index contributed by atoms with van der Waals surface area (Å²) in [6, 6.07) is 1.97. The number of nitrogens with one attached hydrogen (secondary N) is 1. The van der Waals surface area contributed by atoms with Crippen LogP contribution in [0.3, 0.4) is 0 Å². The van der Waals surface area contributed by atoms with E-state index in [2.05, 4.69) is 17.8 Å². The summed E-state index contributed by atoms with van der Waals surface area (Å²) >= 11 is 14.0. The number of thioether (sulfide) groups is 2. The largest absolute Gasteiger partial charge is 0.330 e. The average Bonchev–Trinajstić information content (AvgIpc) is 3.35. The van der Waals surface area contributed by atoms with E-state index in [9.17, 15) is 14.4 Å². The molecule has 2 unspecified atom stereocenters. The number of thiocarbonyl (C=S) groups is 2. The number of carbonyl (C=O) groups excluding carboxylic acids is 3. The van der Waals surface area contributed by atoms with Gasteiger partial charge in [-0.25, -0.2) is 0 Å². The fraction of sp³-hybridized carbons (Fsp3) is 0.500. The summed E-state index contributed by atoms with van der Waals surface area (Å²) in [5.74, 6) is 2.20. The summed E-state index contributed by atoms with van der Waals surface area (Å²) in [5.41, 5.74) is 0. The van der Waals surface area contributed by atoms with E-state index in [0.29, 0.717) is 5.92 Å². The molecule has 32 heavy (non-hydrogen) atoms. The van der Waals surface area contributed by atoms with Gasteiger partial charge in [-0.05, 0) is 35.3 Å². The van der Waals surface area contributed by atoms with Crippen LogP contribution in [0.15, 0.2) is 22.0 Å². The van der Waals surface area contributed by atoms with Crippen LogP contribution in [0.25, 0.3) is 0 Å². The Bertz CT molecular complexity index is 818. The van der Waals surface area contributed by atoms with E-state index in [4.69, 9.17) is 24.4 Å². The molecule has 0 saturated carbocycles. The minimum Gasteiger partial charge on any atom is -0.330 e. The molecular formula is C22H31N3O3S4. The third kappa shape index (κ3) is 7.44. The molecule has 2 saturated heterocycles. The highest BCUT2D eigenvalue weighted by atomic mass is 32.2. The number of carbonyl (C=O) groups is 3. The van der Waals surface area contributed by atoms with E-state index >= 15 is 0 Å². The van der Waals surface area contributed by atoms with Gasteiger partial charge in [0.1, 0.15) is 4.99 Å².